The van der Waals surface area contributed by atoms with Crippen molar-refractivity contribution >= 4 is 17.3 Å². The van der Waals surface area contributed by atoms with Gasteiger partial charge in [-0.25, -0.2) is 0 Å². The molecule has 1 amide bonds. The molecule has 26 heavy (non-hydrogen) atoms. The van der Waals surface area contributed by atoms with Crippen molar-refractivity contribution in [3.05, 3.63) is 90.5 Å². The van der Waals surface area contributed by atoms with E-state index in [2.05, 4.69) is 29.7 Å². The van der Waals surface area contributed by atoms with Crippen molar-refractivity contribution in [3.63, 3.8) is 0 Å². The van der Waals surface area contributed by atoms with Crippen molar-refractivity contribution in [2.24, 2.45) is 0 Å². The number of carbonyl (C=O) groups excluding carboxylic acids is 1. The van der Waals surface area contributed by atoms with Crippen molar-refractivity contribution in [3.8, 4) is 5.75 Å². The second-order valence-electron chi connectivity index (χ2n) is 6.00. The molecule has 3 aromatic rings. The largest absolute Gasteiger partial charge is 0.484 e. The highest BCUT2D eigenvalue weighted by Gasteiger charge is 2.06. The van der Waals surface area contributed by atoms with Crippen LogP contribution in [0.25, 0.3) is 0 Å². The summed E-state index contributed by atoms with van der Waals surface area (Å²) in [5.74, 6) is 0.490. The Morgan fingerprint density at radius 1 is 0.846 bits per heavy atom. The monoisotopic (exact) mass is 346 g/mol. The number of carbonyl (C=O) groups is 1. The number of ether oxygens (including phenoxy) is 1. The Morgan fingerprint density at radius 2 is 1.42 bits per heavy atom. The minimum absolute atomic E-state index is 0.0188. The molecule has 0 saturated carbocycles. The van der Waals surface area contributed by atoms with E-state index in [1.807, 2.05) is 72.8 Å². The summed E-state index contributed by atoms with van der Waals surface area (Å²) in [5.41, 5.74) is 2.97. The zero-order valence-electron chi connectivity index (χ0n) is 14.7. The first-order valence-electron chi connectivity index (χ1n) is 8.60. The number of amides is 1. The highest BCUT2D eigenvalue weighted by atomic mass is 16.5. The van der Waals surface area contributed by atoms with Crippen LogP contribution in [0.2, 0.25) is 0 Å². The third-order valence-corrected chi connectivity index (χ3v) is 3.96. The fraction of sp³-hybridized carbons (Fsp3) is 0.136. The Bertz CT molecular complexity index is 818. The van der Waals surface area contributed by atoms with E-state index in [0.29, 0.717) is 5.75 Å². The summed E-state index contributed by atoms with van der Waals surface area (Å²) in [5, 5.41) is 6.28. The molecular weight excluding hydrogens is 324 g/mol. The van der Waals surface area contributed by atoms with Crippen LogP contribution >= 0.6 is 0 Å². The van der Waals surface area contributed by atoms with Gasteiger partial charge in [0.05, 0.1) is 0 Å². The molecule has 0 heterocycles. The highest BCUT2D eigenvalue weighted by molar-refractivity contribution is 5.92. The number of rotatable bonds is 7. The Hall–Kier alpha value is -3.27. The predicted octanol–water partition coefficient (Wildman–Crippen LogP) is 4.88. The maximum Gasteiger partial charge on any atom is 0.262 e. The van der Waals surface area contributed by atoms with Crippen molar-refractivity contribution in [1.29, 1.82) is 0 Å². The van der Waals surface area contributed by atoms with Gasteiger partial charge in [0.15, 0.2) is 6.61 Å². The summed E-state index contributed by atoms with van der Waals surface area (Å²) in [4.78, 5) is 12.0. The number of nitrogens with one attached hydrogen (secondary N) is 2. The molecular formula is C22H22N2O2. The van der Waals surface area contributed by atoms with Crippen molar-refractivity contribution < 1.29 is 9.53 Å². The molecule has 132 valence electrons. The van der Waals surface area contributed by atoms with Gasteiger partial charge >= 0.3 is 0 Å². The molecule has 0 aliphatic heterocycles. The normalized spacial score (nSPS) is 11.4. The first-order chi connectivity index (χ1) is 12.7. The molecule has 0 aromatic heterocycles. The quantitative estimate of drug-likeness (QED) is 0.641. The lowest BCUT2D eigenvalue weighted by Crippen LogP contribution is -2.20. The molecule has 4 heteroatoms. The standard InChI is InChI=1S/C22H22N2O2/c1-17(18-8-4-2-5-9-18)23-19-12-14-20(15-13-19)24-22(25)16-26-21-10-6-3-7-11-21/h2-15,17,23H,16H2,1H3,(H,24,25). The molecule has 0 bridgehead atoms. The first-order valence-corrected chi connectivity index (χ1v) is 8.60. The molecule has 3 rings (SSSR count). The van der Waals surface area contributed by atoms with Gasteiger partial charge in [-0.2, -0.15) is 0 Å². The van der Waals surface area contributed by atoms with Gasteiger partial charge in [0.1, 0.15) is 5.75 Å². The van der Waals surface area contributed by atoms with Crippen LogP contribution in [0.15, 0.2) is 84.9 Å². The fourth-order valence-corrected chi connectivity index (χ4v) is 2.59. The minimum atomic E-state index is -0.188. The van der Waals surface area contributed by atoms with E-state index in [9.17, 15) is 4.79 Å². The van der Waals surface area contributed by atoms with E-state index in [1.165, 1.54) is 5.56 Å². The van der Waals surface area contributed by atoms with Gasteiger partial charge in [0.25, 0.3) is 5.91 Å². The lowest BCUT2D eigenvalue weighted by Gasteiger charge is -2.16. The number of benzene rings is 3. The van der Waals surface area contributed by atoms with E-state index in [4.69, 9.17) is 4.74 Å². The molecule has 4 nitrogen and oxygen atoms in total. The van der Waals surface area contributed by atoms with Crippen LogP contribution in [0.5, 0.6) is 5.75 Å². The summed E-state index contributed by atoms with van der Waals surface area (Å²) < 4.78 is 5.44. The number of hydrogen-bond donors (Lipinski definition) is 2. The van der Waals surface area contributed by atoms with Crippen molar-refractivity contribution in [1.82, 2.24) is 0 Å². The number of anilines is 2. The van der Waals surface area contributed by atoms with Crippen LogP contribution in [0.1, 0.15) is 18.5 Å². The molecule has 1 atom stereocenters. The van der Waals surface area contributed by atoms with Gasteiger partial charge in [-0.15, -0.1) is 0 Å². The van der Waals surface area contributed by atoms with Gasteiger partial charge < -0.3 is 15.4 Å². The molecule has 0 aliphatic carbocycles. The summed E-state index contributed by atoms with van der Waals surface area (Å²) in [6, 6.07) is 27.4. The fourth-order valence-electron chi connectivity index (χ4n) is 2.59. The third-order valence-electron chi connectivity index (χ3n) is 3.96. The van der Waals surface area contributed by atoms with Gasteiger partial charge in [-0.1, -0.05) is 48.5 Å². The SMILES string of the molecule is CC(Nc1ccc(NC(=O)COc2ccccc2)cc1)c1ccccc1. The maximum absolute atomic E-state index is 12.0. The summed E-state index contributed by atoms with van der Waals surface area (Å²) in [6.45, 7) is 2.10. The lowest BCUT2D eigenvalue weighted by atomic mass is 10.1. The summed E-state index contributed by atoms with van der Waals surface area (Å²) >= 11 is 0. The second kappa shape index (κ2) is 8.72. The summed E-state index contributed by atoms with van der Waals surface area (Å²) in [7, 11) is 0. The van der Waals surface area contributed by atoms with Gasteiger partial charge in [-0.3, -0.25) is 4.79 Å². The van der Waals surface area contributed by atoms with Gasteiger partial charge in [-0.05, 0) is 48.9 Å². The molecule has 1 unspecified atom stereocenters. The molecule has 0 saturated heterocycles. The molecule has 3 aromatic carbocycles. The van der Waals surface area contributed by atoms with E-state index < -0.39 is 0 Å². The smallest absolute Gasteiger partial charge is 0.262 e. The lowest BCUT2D eigenvalue weighted by molar-refractivity contribution is -0.118. The Morgan fingerprint density at radius 3 is 2.08 bits per heavy atom. The van der Waals surface area contributed by atoms with E-state index in [1.54, 1.807) is 0 Å². The number of hydrogen-bond acceptors (Lipinski definition) is 3. The van der Waals surface area contributed by atoms with Gasteiger partial charge in [0, 0.05) is 17.4 Å². The highest BCUT2D eigenvalue weighted by Crippen LogP contribution is 2.20. The van der Waals surface area contributed by atoms with E-state index in [-0.39, 0.29) is 18.6 Å². The van der Waals surface area contributed by atoms with Crippen LogP contribution in [-0.4, -0.2) is 12.5 Å². The molecule has 0 aliphatic rings. The number of para-hydroxylation sites is 1. The second-order valence-corrected chi connectivity index (χ2v) is 6.00. The molecule has 0 spiro atoms. The first kappa shape index (κ1) is 17.5. The molecule has 0 fully saturated rings. The topological polar surface area (TPSA) is 50.4 Å². The van der Waals surface area contributed by atoms with Crippen LogP contribution in [0.4, 0.5) is 11.4 Å². The van der Waals surface area contributed by atoms with Crippen LogP contribution < -0.4 is 15.4 Å². The Balaban J connectivity index is 1.50. The average molecular weight is 346 g/mol. The third kappa shape index (κ3) is 5.11. The van der Waals surface area contributed by atoms with Crippen LogP contribution in [0, 0.1) is 0 Å². The van der Waals surface area contributed by atoms with Crippen molar-refractivity contribution in [2.75, 3.05) is 17.2 Å². The zero-order chi connectivity index (χ0) is 18.2. The van der Waals surface area contributed by atoms with Crippen LogP contribution in [0.3, 0.4) is 0 Å². The minimum Gasteiger partial charge on any atom is -0.484 e. The van der Waals surface area contributed by atoms with Gasteiger partial charge in [0.2, 0.25) is 0 Å². The zero-order valence-corrected chi connectivity index (χ0v) is 14.7. The Kier molecular flexibility index (Phi) is 5.88. The van der Waals surface area contributed by atoms with Crippen LogP contribution in [-0.2, 0) is 4.79 Å². The van der Waals surface area contributed by atoms with E-state index in [0.717, 1.165) is 11.4 Å². The maximum atomic E-state index is 12.0. The molecule has 2 N–H and O–H groups in total. The predicted molar refractivity (Wildman–Crippen MR) is 105 cm³/mol. The molecule has 0 radical (unpaired) electrons. The average Bonchev–Trinajstić information content (AvgIpc) is 2.69. The summed E-state index contributed by atoms with van der Waals surface area (Å²) in [6.07, 6.45) is 0. The Labute approximate surface area is 153 Å². The van der Waals surface area contributed by atoms with E-state index >= 15 is 0 Å². The van der Waals surface area contributed by atoms with Crippen molar-refractivity contribution in [2.45, 2.75) is 13.0 Å².